The van der Waals surface area contributed by atoms with E-state index in [1.54, 1.807) is 4.68 Å². The van der Waals surface area contributed by atoms with Gasteiger partial charge in [0.2, 0.25) is 0 Å². The topological polar surface area (TPSA) is 41.6 Å². The summed E-state index contributed by atoms with van der Waals surface area (Å²) in [6.45, 7) is 12.2. The Morgan fingerprint density at radius 3 is 2.13 bits per heavy atom. The van der Waals surface area contributed by atoms with Crippen molar-refractivity contribution < 1.29 is 0 Å². The van der Waals surface area contributed by atoms with Gasteiger partial charge in [-0.3, -0.25) is 0 Å². The summed E-state index contributed by atoms with van der Waals surface area (Å²) in [6, 6.07) is 2.26. The minimum Gasteiger partial charge on any atom is -0.250 e. The Kier molecular flexibility index (Phi) is 2.65. The van der Waals surface area contributed by atoms with E-state index < -0.39 is 5.54 Å². The molecule has 0 aliphatic carbocycles. The molecule has 0 aromatic carbocycles. The van der Waals surface area contributed by atoms with Crippen LogP contribution in [-0.2, 0) is 11.0 Å². The zero-order chi connectivity index (χ0) is 11.9. The summed E-state index contributed by atoms with van der Waals surface area (Å²) in [7, 11) is 0. The molecule has 0 fully saturated rings. The van der Waals surface area contributed by atoms with E-state index in [2.05, 4.69) is 31.9 Å². The van der Waals surface area contributed by atoms with E-state index in [0.29, 0.717) is 0 Å². The van der Waals surface area contributed by atoms with E-state index in [0.717, 1.165) is 5.69 Å². The zero-order valence-corrected chi connectivity index (χ0v) is 10.4. The van der Waals surface area contributed by atoms with E-state index >= 15 is 0 Å². The minimum atomic E-state index is -0.576. The highest BCUT2D eigenvalue weighted by Crippen LogP contribution is 2.27. The van der Waals surface area contributed by atoms with Crippen molar-refractivity contribution in [1.29, 1.82) is 5.26 Å². The molecule has 1 rings (SSSR count). The van der Waals surface area contributed by atoms with Crippen molar-refractivity contribution in [2.75, 3.05) is 0 Å². The summed E-state index contributed by atoms with van der Waals surface area (Å²) in [5, 5.41) is 13.4. The maximum Gasteiger partial charge on any atom is 0.143 e. The first kappa shape index (κ1) is 11.8. The predicted octanol–water partition coefficient (Wildman–Crippen LogP) is 2.75. The molecule has 0 bridgehead atoms. The molecule has 0 saturated heterocycles. The average molecular weight is 205 g/mol. The highest BCUT2D eigenvalue weighted by molar-refractivity contribution is 5.26. The fourth-order valence-corrected chi connectivity index (χ4v) is 1.76. The van der Waals surface area contributed by atoms with Crippen LogP contribution >= 0.6 is 0 Å². The summed E-state index contributed by atoms with van der Waals surface area (Å²) in [5.41, 5.74) is 1.78. The Hall–Kier alpha value is -1.30. The number of rotatable bonds is 1. The molecule has 3 nitrogen and oxygen atoms in total. The van der Waals surface area contributed by atoms with Gasteiger partial charge in [-0.15, -0.1) is 0 Å². The van der Waals surface area contributed by atoms with Crippen LogP contribution in [0, 0.1) is 18.3 Å². The fraction of sp³-hybridized carbons (Fsp3) is 0.667. The first-order chi connectivity index (χ1) is 6.70. The summed E-state index contributed by atoms with van der Waals surface area (Å²) in [6.07, 6.45) is 1.87. The summed E-state index contributed by atoms with van der Waals surface area (Å²) in [5.74, 6) is 0. The third kappa shape index (κ3) is 2.04. The maximum absolute atomic E-state index is 9.07. The van der Waals surface area contributed by atoms with Crippen LogP contribution in [0.2, 0.25) is 0 Å². The second-order valence-electron chi connectivity index (χ2n) is 5.48. The van der Waals surface area contributed by atoms with Crippen molar-refractivity contribution in [2.45, 2.75) is 52.5 Å². The normalized spacial score (nSPS) is 12.6. The fourth-order valence-electron chi connectivity index (χ4n) is 1.76. The molecule has 1 aromatic rings. The molecule has 0 spiro atoms. The molecule has 0 aliphatic heterocycles. The summed E-state index contributed by atoms with van der Waals surface area (Å²) >= 11 is 0. The van der Waals surface area contributed by atoms with Gasteiger partial charge < -0.3 is 0 Å². The van der Waals surface area contributed by atoms with Crippen LogP contribution in [0.4, 0.5) is 0 Å². The van der Waals surface area contributed by atoms with Crippen molar-refractivity contribution in [3.05, 3.63) is 17.5 Å². The van der Waals surface area contributed by atoms with Gasteiger partial charge in [-0.05, 0) is 31.7 Å². The lowest BCUT2D eigenvalue weighted by Crippen LogP contribution is -2.27. The Morgan fingerprint density at radius 1 is 1.27 bits per heavy atom. The molecule has 0 saturated carbocycles. The molecule has 15 heavy (non-hydrogen) atoms. The summed E-state index contributed by atoms with van der Waals surface area (Å²) in [4.78, 5) is 0. The molecule has 0 N–H and O–H groups in total. The van der Waals surface area contributed by atoms with Crippen LogP contribution in [0.5, 0.6) is 0 Å². The quantitative estimate of drug-likeness (QED) is 0.707. The van der Waals surface area contributed by atoms with Crippen LogP contribution in [-0.4, -0.2) is 9.78 Å². The van der Waals surface area contributed by atoms with Gasteiger partial charge in [0.1, 0.15) is 5.54 Å². The average Bonchev–Trinajstić information content (AvgIpc) is 2.46. The van der Waals surface area contributed by atoms with Crippen LogP contribution in [0.25, 0.3) is 0 Å². The van der Waals surface area contributed by atoms with Crippen molar-refractivity contribution >= 4 is 0 Å². The number of hydrogen-bond acceptors (Lipinski definition) is 2. The SMILES string of the molecule is Cc1c(C(C)(C)C)cnn1C(C)(C)C#N. The molecular weight excluding hydrogens is 186 g/mol. The van der Waals surface area contributed by atoms with Crippen molar-refractivity contribution in [1.82, 2.24) is 9.78 Å². The molecule has 0 amide bonds. The standard InChI is InChI=1S/C12H19N3/c1-9-10(11(2,3)4)7-14-15(9)12(5,6)8-13/h7H,1-6H3. The van der Waals surface area contributed by atoms with Gasteiger partial charge in [0.25, 0.3) is 0 Å². The second-order valence-corrected chi connectivity index (χ2v) is 5.48. The van der Waals surface area contributed by atoms with Gasteiger partial charge >= 0.3 is 0 Å². The molecular formula is C12H19N3. The van der Waals surface area contributed by atoms with E-state index in [1.165, 1.54) is 5.56 Å². The highest BCUT2D eigenvalue weighted by Gasteiger charge is 2.27. The molecule has 1 heterocycles. The van der Waals surface area contributed by atoms with Gasteiger partial charge in [-0.1, -0.05) is 20.8 Å². The first-order valence-corrected chi connectivity index (χ1v) is 5.17. The Labute approximate surface area is 91.7 Å². The molecule has 3 heteroatoms. The monoisotopic (exact) mass is 205 g/mol. The maximum atomic E-state index is 9.07. The largest absolute Gasteiger partial charge is 0.250 e. The second kappa shape index (κ2) is 3.37. The number of aromatic nitrogens is 2. The Balaban J connectivity index is 3.29. The van der Waals surface area contributed by atoms with Crippen molar-refractivity contribution in [2.24, 2.45) is 0 Å². The van der Waals surface area contributed by atoms with E-state index in [9.17, 15) is 0 Å². The lowest BCUT2D eigenvalue weighted by molar-refractivity contribution is 0.407. The van der Waals surface area contributed by atoms with Crippen LogP contribution in [0.3, 0.4) is 0 Å². The van der Waals surface area contributed by atoms with Crippen molar-refractivity contribution in [3.8, 4) is 6.07 Å². The van der Waals surface area contributed by atoms with E-state index in [1.807, 2.05) is 27.0 Å². The van der Waals surface area contributed by atoms with Crippen molar-refractivity contribution in [3.63, 3.8) is 0 Å². The molecule has 0 aliphatic rings. The molecule has 1 aromatic heterocycles. The summed E-state index contributed by atoms with van der Waals surface area (Å²) < 4.78 is 1.80. The third-order valence-electron chi connectivity index (χ3n) is 2.62. The molecule has 0 unspecified atom stereocenters. The zero-order valence-electron chi connectivity index (χ0n) is 10.4. The minimum absolute atomic E-state index is 0.0773. The first-order valence-electron chi connectivity index (χ1n) is 5.17. The van der Waals surface area contributed by atoms with Gasteiger partial charge in [0.05, 0.1) is 12.3 Å². The molecule has 82 valence electrons. The number of nitrogens with zero attached hydrogens (tertiary/aromatic N) is 3. The Morgan fingerprint density at radius 2 is 1.80 bits per heavy atom. The lowest BCUT2D eigenvalue weighted by Gasteiger charge is -2.21. The third-order valence-corrected chi connectivity index (χ3v) is 2.62. The van der Waals surface area contributed by atoms with E-state index in [4.69, 9.17) is 5.26 Å². The number of hydrogen-bond donors (Lipinski definition) is 0. The van der Waals surface area contributed by atoms with Gasteiger partial charge in [0.15, 0.2) is 0 Å². The lowest BCUT2D eigenvalue weighted by atomic mass is 9.87. The molecule has 0 radical (unpaired) electrons. The van der Waals surface area contributed by atoms with E-state index in [-0.39, 0.29) is 5.41 Å². The Bertz CT molecular complexity index is 399. The molecule has 0 atom stereocenters. The van der Waals surface area contributed by atoms with Gasteiger partial charge in [-0.2, -0.15) is 10.4 Å². The van der Waals surface area contributed by atoms with Gasteiger partial charge in [-0.25, -0.2) is 4.68 Å². The highest BCUT2D eigenvalue weighted by atomic mass is 15.3. The predicted molar refractivity (Wildman–Crippen MR) is 60.6 cm³/mol. The van der Waals surface area contributed by atoms with Crippen LogP contribution < -0.4 is 0 Å². The number of nitriles is 1. The van der Waals surface area contributed by atoms with Gasteiger partial charge in [0, 0.05) is 5.69 Å². The van der Waals surface area contributed by atoms with Crippen LogP contribution in [0.15, 0.2) is 6.20 Å². The smallest absolute Gasteiger partial charge is 0.143 e. The van der Waals surface area contributed by atoms with Crippen LogP contribution in [0.1, 0.15) is 45.9 Å².